The third kappa shape index (κ3) is 2.77. The summed E-state index contributed by atoms with van der Waals surface area (Å²) in [5, 5.41) is 1.69. The Balaban J connectivity index is 2.25. The lowest BCUT2D eigenvalue weighted by molar-refractivity contribution is 1.03. The van der Waals surface area contributed by atoms with Gasteiger partial charge in [-0.2, -0.15) is 0 Å². The molecule has 76 valence electrons. The maximum Gasteiger partial charge on any atom is 0.222 e. The number of anilines is 1. The summed E-state index contributed by atoms with van der Waals surface area (Å²) in [4.78, 5) is 15.8. The molecular weight excluding hydrogens is 234 g/mol. The summed E-state index contributed by atoms with van der Waals surface area (Å²) in [6.45, 7) is 0. The fraction of sp³-hybridized carbons (Fsp3) is 0. The Hall–Kier alpha value is -1.40. The van der Waals surface area contributed by atoms with Gasteiger partial charge in [0.05, 0.1) is 6.20 Å². The molecule has 0 spiro atoms. The van der Waals surface area contributed by atoms with E-state index >= 15 is 0 Å². The fourth-order valence-electron chi connectivity index (χ4n) is 0.911. The Morgan fingerprint density at radius 1 is 1.20 bits per heavy atom. The first-order valence-electron chi connectivity index (χ1n) is 3.98. The minimum absolute atomic E-state index is 0.147. The number of hydrogen-bond acceptors (Lipinski definition) is 6. The van der Waals surface area contributed by atoms with Gasteiger partial charge >= 0.3 is 0 Å². The molecule has 0 amide bonds. The van der Waals surface area contributed by atoms with Gasteiger partial charge in [-0.1, -0.05) is 11.6 Å². The molecule has 0 aliphatic heterocycles. The van der Waals surface area contributed by atoms with Crippen LogP contribution in [0.4, 0.5) is 5.95 Å². The van der Waals surface area contributed by atoms with Crippen molar-refractivity contribution < 1.29 is 0 Å². The standard InChI is InChI=1S/C8H6ClN5S/c9-5-3-6(14-8(10)13-5)15-7-4-11-1-2-12-7/h1-4H,(H2,10,13,14). The highest BCUT2D eigenvalue weighted by Crippen LogP contribution is 2.25. The molecule has 0 saturated carbocycles. The van der Waals surface area contributed by atoms with E-state index in [-0.39, 0.29) is 5.95 Å². The van der Waals surface area contributed by atoms with Crippen molar-refractivity contribution in [3.63, 3.8) is 0 Å². The van der Waals surface area contributed by atoms with Gasteiger partial charge in [-0.05, 0) is 11.8 Å². The van der Waals surface area contributed by atoms with Crippen LogP contribution in [-0.2, 0) is 0 Å². The van der Waals surface area contributed by atoms with E-state index in [0.29, 0.717) is 10.2 Å². The predicted octanol–water partition coefficient (Wildman–Crippen LogP) is 1.65. The van der Waals surface area contributed by atoms with Crippen LogP contribution in [0.2, 0.25) is 5.15 Å². The summed E-state index contributed by atoms with van der Waals surface area (Å²) in [6, 6.07) is 1.62. The van der Waals surface area contributed by atoms with Crippen molar-refractivity contribution in [2.75, 3.05) is 5.73 Å². The number of aromatic nitrogens is 4. The summed E-state index contributed by atoms with van der Waals surface area (Å²) < 4.78 is 0. The molecule has 2 heterocycles. The topological polar surface area (TPSA) is 77.6 Å². The molecule has 2 rings (SSSR count). The van der Waals surface area contributed by atoms with Crippen LogP contribution in [0.15, 0.2) is 34.7 Å². The average molecular weight is 240 g/mol. The van der Waals surface area contributed by atoms with E-state index in [9.17, 15) is 0 Å². The lowest BCUT2D eigenvalue weighted by Crippen LogP contribution is -1.95. The molecule has 0 saturated heterocycles. The molecule has 7 heteroatoms. The molecule has 0 aliphatic carbocycles. The van der Waals surface area contributed by atoms with E-state index in [1.54, 1.807) is 24.7 Å². The van der Waals surface area contributed by atoms with E-state index in [4.69, 9.17) is 17.3 Å². The van der Waals surface area contributed by atoms with E-state index in [0.717, 1.165) is 5.03 Å². The monoisotopic (exact) mass is 239 g/mol. The Bertz CT molecular complexity index is 444. The minimum Gasteiger partial charge on any atom is -0.368 e. The first-order chi connectivity index (χ1) is 7.24. The van der Waals surface area contributed by atoms with Gasteiger partial charge in [-0.3, -0.25) is 4.98 Å². The number of nitrogen functional groups attached to an aromatic ring is 1. The van der Waals surface area contributed by atoms with Crippen LogP contribution in [0.25, 0.3) is 0 Å². The molecule has 2 aromatic heterocycles. The molecule has 0 radical (unpaired) electrons. The normalized spacial score (nSPS) is 10.2. The van der Waals surface area contributed by atoms with Crippen molar-refractivity contribution in [3.05, 3.63) is 29.8 Å². The van der Waals surface area contributed by atoms with Crippen LogP contribution in [-0.4, -0.2) is 19.9 Å². The van der Waals surface area contributed by atoms with Crippen molar-refractivity contribution in [1.82, 2.24) is 19.9 Å². The van der Waals surface area contributed by atoms with Crippen molar-refractivity contribution in [3.8, 4) is 0 Å². The lowest BCUT2D eigenvalue weighted by Gasteiger charge is -2.00. The van der Waals surface area contributed by atoms with Gasteiger partial charge in [0.2, 0.25) is 5.95 Å². The molecule has 2 aromatic rings. The van der Waals surface area contributed by atoms with Gasteiger partial charge in [-0.15, -0.1) is 0 Å². The first kappa shape index (κ1) is 10.1. The van der Waals surface area contributed by atoms with Crippen LogP contribution < -0.4 is 5.73 Å². The molecule has 5 nitrogen and oxygen atoms in total. The number of nitrogens with zero attached hydrogens (tertiary/aromatic N) is 4. The molecule has 0 atom stereocenters. The molecule has 0 aliphatic rings. The first-order valence-corrected chi connectivity index (χ1v) is 5.17. The number of hydrogen-bond donors (Lipinski definition) is 1. The second-order valence-corrected chi connectivity index (χ2v) is 3.96. The molecular formula is C8H6ClN5S. The predicted molar refractivity (Wildman–Crippen MR) is 57.6 cm³/mol. The zero-order chi connectivity index (χ0) is 10.7. The molecule has 0 unspecified atom stereocenters. The summed E-state index contributed by atoms with van der Waals surface area (Å²) in [6.07, 6.45) is 4.84. The zero-order valence-electron chi connectivity index (χ0n) is 7.46. The third-order valence-corrected chi connectivity index (χ3v) is 2.47. The largest absolute Gasteiger partial charge is 0.368 e. The lowest BCUT2D eigenvalue weighted by atomic mass is 10.7. The Kier molecular flexibility index (Phi) is 2.98. The van der Waals surface area contributed by atoms with Gasteiger partial charge in [0, 0.05) is 18.5 Å². The van der Waals surface area contributed by atoms with Gasteiger partial charge in [0.25, 0.3) is 0 Å². The van der Waals surface area contributed by atoms with Crippen molar-refractivity contribution in [2.45, 2.75) is 10.1 Å². The maximum absolute atomic E-state index is 5.74. The highest BCUT2D eigenvalue weighted by Gasteiger charge is 2.03. The second kappa shape index (κ2) is 4.41. The molecule has 15 heavy (non-hydrogen) atoms. The average Bonchev–Trinajstić information content (AvgIpc) is 2.17. The quantitative estimate of drug-likeness (QED) is 0.803. The number of rotatable bonds is 2. The third-order valence-electron chi connectivity index (χ3n) is 1.44. The van der Waals surface area contributed by atoms with Crippen LogP contribution >= 0.6 is 23.4 Å². The number of halogens is 1. The fourth-order valence-corrected chi connectivity index (χ4v) is 1.92. The van der Waals surface area contributed by atoms with E-state index < -0.39 is 0 Å². The zero-order valence-corrected chi connectivity index (χ0v) is 9.03. The molecule has 0 aromatic carbocycles. The van der Waals surface area contributed by atoms with E-state index in [2.05, 4.69) is 19.9 Å². The Morgan fingerprint density at radius 3 is 2.73 bits per heavy atom. The van der Waals surface area contributed by atoms with Gasteiger partial charge in [0.1, 0.15) is 15.2 Å². The van der Waals surface area contributed by atoms with Crippen LogP contribution in [0.1, 0.15) is 0 Å². The summed E-state index contributed by atoms with van der Waals surface area (Å²) in [5.41, 5.74) is 5.46. The molecule has 0 fully saturated rings. The maximum atomic E-state index is 5.74. The van der Waals surface area contributed by atoms with Gasteiger partial charge in [0.15, 0.2) is 0 Å². The van der Waals surface area contributed by atoms with Gasteiger partial charge in [-0.25, -0.2) is 15.0 Å². The Morgan fingerprint density at radius 2 is 2.07 bits per heavy atom. The van der Waals surface area contributed by atoms with Crippen LogP contribution in [0.5, 0.6) is 0 Å². The van der Waals surface area contributed by atoms with Gasteiger partial charge < -0.3 is 5.73 Å². The molecule has 2 N–H and O–H groups in total. The van der Waals surface area contributed by atoms with Crippen LogP contribution in [0.3, 0.4) is 0 Å². The van der Waals surface area contributed by atoms with Crippen molar-refractivity contribution in [1.29, 1.82) is 0 Å². The summed E-state index contributed by atoms with van der Waals surface area (Å²) in [7, 11) is 0. The van der Waals surface area contributed by atoms with Crippen molar-refractivity contribution >= 4 is 29.3 Å². The van der Waals surface area contributed by atoms with Crippen molar-refractivity contribution in [2.24, 2.45) is 0 Å². The Labute approximate surface area is 95.1 Å². The number of nitrogens with two attached hydrogens (primary N) is 1. The minimum atomic E-state index is 0.147. The van der Waals surface area contributed by atoms with Crippen LogP contribution in [0, 0.1) is 0 Å². The highest BCUT2D eigenvalue weighted by atomic mass is 35.5. The van der Waals surface area contributed by atoms with E-state index in [1.165, 1.54) is 11.8 Å². The molecule has 0 bridgehead atoms. The SMILES string of the molecule is Nc1nc(Cl)cc(Sc2cnccn2)n1. The highest BCUT2D eigenvalue weighted by molar-refractivity contribution is 7.99. The summed E-state index contributed by atoms with van der Waals surface area (Å²) in [5.74, 6) is 0.147. The smallest absolute Gasteiger partial charge is 0.222 e. The van der Waals surface area contributed by atoms with E-state index in [1.807, 2.05) is 0 Å². The summed E-state index contributed by atoms with van der Waals surface area (Å²) >= 11 is 7.06. The second-order valence-electron chi connectivity index (χ2n) is 2.53.